The lowest BCUT2D eigenvalue weighted by atomic mass is 10.1. The van der Waals surface area contributed by atoms with Gasteiger partial charge in [0.1, 0.15) is 16.9 Å². The van der Waals surface area contributed by atoms with Crippen LogP contribution in [0.4, 0.5) is 10.3 Å². The number of aliphatic hydroxyl groups excluding tert-OH is 2. The number of aliphatic hydroxyl groups is 2. The highest BCUT2D eigenvalue weighted by Crippen LogP contribution is 2.35. The van der Waals surface area contributed by atoms with E-state index >= 15 is 0 Å². The second-order valence-electron chi connectivity index (χ2n) is 4.52. The van der Waals surface area contributed by atoms with Crippen molar-refractivity contribution in [1.82, 2.24) is 14.5 Å². The van der Waals surface area contributed by atoms with Crippen LogP contribution in [-0.4, -0.2) is 49.7 Å². The molecule has 0 saturated carbocycles. The van der Waals surface area contributed by atoms with E-state index in [2.05, 4.69) is 9.97 Å². The molecular formula is C10H11FN4O4S2. The maximum absolute atomic E-state index is 14.2. The highest BCUT2D eigenvalue weighted by Gasteiger charge is 2.45. The number of hydrogen-bond acceptors (Lipinski definition) is 8. The van der Waals surface area contributed by atoms with Crippen LogP contribution in [0.3, 0.4) is 0 Å². The third kappa shape index (κ3) is 2.17. The molecule has 0 unspecified atom stereocenters. The number of nitrogens with two attached hydrogens (primary N) is 1. The first-order valence-corrected chi connectivity index (χ1v) is 7.15. The first-order valence-electron chi connectivity index (χ1n) is 5.93. The van der Waals surface area contributed by atoms with E-state index < -0.39 is 36.8 Å². The zero-order valence-electron chi connectivity index (χ0n) is 10.4. The average Bonchev–Trinajstić information content (AvgIpc) is 2.89. The standard InChI is InChI=1S/C10H11FN4O4S2/c11-3-4(17)2(1-16)19-8(3)15-6-5(21-10(15)20)7(18)14-9(12)13-6/h2-4,8,16-17H,1H2,(H3,12,13,14,18)/t2-,3-,4-,8-/m1/s1. The monoisotopic (exact) mass is 334 g/mol. The van der Waals surface area contributed by atoms with Gasteiger partial charge in [-0.3, -0.25) is 14.3 Å². The minimum absolute atomic E-state index is 0.0877. The maximum atomic E-state index is 14.2. The van der Waals surface area contributed by atoms with E-state index in [0.29, 0.717) is 0 Å². The Labute approximate surface area is 125 Å². The van der Waals surface area contributed by atoms with Crippen LogP contribution < -0.4 is 11.3 Å². The molecule has 0 radical (unpaired) electrons. The Balaban J connectivity index is 2.20. The van der Waals surface area contributed by atoms with Gasteiger partial charge in [0.2, 0.25) is 5.95 Å². The Morgan fingerprint density at radius 3 is 2.95 bits per heavy atom. The zero-order valence-corrected chi connectivity index (χ0v) is 12.0. The number of H-pyrrole nitrogens is 1. The number of ether oxygens (including phenoxy) is 1. The number of aromatic amines is 1. The summed E-state index contributed by atoms with van der Waals surface area (Å²) >= 11 is 6.05. The minimum Gasteiger partial charge on any atom is -0.394 e. The summed E-state index contributed by atoms with van der Waals surface area (Å²) in [7, 11) is 0. The molecule has 1 aliphatic rings. The van der Waals surface area contributed by atoms with Crippen molar-refractivity contribution in [2.75, 3.05) is 12.3 Å². The molecule has 0 spiro atoms. The highest BCUT2D eigenvalue weighted by molar-refractivity contribution is 7.73. The smallest absolute Gasteiger partial charge is 0.271 e. The van der Waals surface area contributed by atoms with Crippen molar-refractivity contribution in [2.45, 2.75) is 24.6 Å². The van der Waals surface area contributed by atoms with Crippen LogP contribution in [0.1, 0.15) is 6.23 Å². The summed E-state index contributed by atoms with van der Waals surface area (Å²) in [4.78, 5) is 18.1. The third-order valence-corrected chi connectivity index (χ3v) is 4.61. The lowest BCUT2D eigenvalue weighted by molar-refractivity contribution is -0.0459. The summed E-state index contributed by atoms with van der Waals surface area (Å²) in [6, 6.07) is 0. The van der Waals surface area contributed by atoms with Gasteiger partial charge in [-0.2, -0.15) is 4.98 Å². The van der Waals surface area contributed by atoms with E-state index in [1.807, 2.05) is 0 Å². The lowest BCUT2D eigenvalue weighted by Crippen LogP contribution is -2.30. The lowest BCUT2D eigenvalue weighted by Gasteiger charge is -2.15. The quantitative estimate of drug-likeness (QED) is 0.555. The van der Waals surface area contributed by atoms with Crippen molar-refractivity contribution < 1.29 is 19.3 Å². The Morgan fingerprint density at radius 2 is 2.33 bits per heavy atom. The fraction of sp³-hybridized carbons (Fsp3) is 0.500. The van der Waals surface area contributed by atoms with Crippen LogP contribution in [0, 0.1) is 3.95 Å². The van der Waals surface area contributed by atoms with Crippen LogP contribution in [0.15, 0.2) is 4.79 Å². The number of nitrogens with one attached hydrogen (secondary N) is 1. The summed E-state index contributed by atoms with van der Waals surface area (Å²) in [5, 5.41) is 18.7. The Kier molecular flexibility index (Phi) is 3.53. The average molecular weight is 334 g/mol. The number of alkyl halides is 1. The largest absolute Gasteiger partial charge is 0.394 e. The van der Waals surface area contributed by atoms with Gasteiger partial charge in [-0.1, -0.05) is 11.3 Å². The molecule has 114 valence electrons. The van der Waals surface area contributed by atoms with Crippen LogP contribution in [0.5, 0.6) is 0 Å². The van der Waals surface area contributed by atoms with Gasteiger partial charge < -0.3 is 20.7 Å². The SMILES string of the molecule is Nc1nc2c(sc(=S)n2[C@@H]2O[C@H](CO)[C@@H](O)[C@H]2F)c(=O)[nH]1. The number of hydrogen-bond donors (Lipinski definition) is 4. The molecule has 2 aromatic rings. The summed E-state index contributed by atoms with van der Waals surface area (Å²) < 4.78 is 21.0. The molecule has 21 heavy (non-hydrogen) atoms. The zero-order chi connectivity index (χ0) is 15.3. The fourth-order valence-corrected chi connectivity index (χ4v) is 3.52. The number of rotatable bonds is 2. The van der Waals surface area contributed by atoms with Crippen molar-refractivity contribution in [3.05, 3.63) is 14.3 Å². The molecule has 4 atom stereocenters. The molecular weight excluding hydrogens is 323 g/mol. The second kappa shape index (κ2) is 5.10. The van der Waals surface area contributed by atoms with Crippen LogP contribution >= 0.6 is 23.6 Å². The Morgan fingerprint density at radius 1 is 1.62 bits per heavy atom. The number of nitrogen functional groups attached to an aromatic ring is 1. The normalized spacial score (nSPS) is 29.3. The van der Waals surface area contributed by atoms with Crippen molar-refractivity contribution in [3.8, 4) is 0 Å². The third-order valence-electron chi connectivity index (χ3n) is 3.22. The van der Waals surface area contributed by atoms with Gasteiger partial charge in [-0.15, -0.1) is 0 Å². The van der Waals surface area contributed by atoms with E-state index in [9.17, 15) is 14.3 Å². The van der Waals surface area contributed by atoms with Crippen molar-refractivity contribution in [2.24, 2.45) is 0 Å². The second-order valence-corrected chi connectivity index (χ2v) is 6.17. The van der Waals surface area contributed by atoms with Gasteiger partial charge in [-0.05, 0) is 12.2 Å². The van der Waals surface area contributed by atoms with E-state index in [-0.39, 0.29) is 20.2 Å². The van der Waals surface area contributed by atoms with Crippen molar-refractivity contribution in [1.29, 1.82) is 0 Å². The first kappa shape index (κ1) is 14.5. The van der Waals surface area contributed by atoms with Gasteiger partial charge in [-0.25, -0.2) is 4.39 Å². The molecule has 11 heteroatoms. The van der Waals surface area contributed by atoms with Gasteiger partial charge in [0.15, 0.2) is 22.0 Å². The number of halogens is 1. The molecule has 8 nitrogen and oxygen atoms in total. The number of thiazole rings is 1. The summed E-state index contributed by atoms with van der Waals surface area (Å²) in [6.45, 7) is -0.538. The molecule has 5 N–H and O–H groups in total. The maximum Gasteiger partial charge on any atom is 0.271 e. The van der Waals surface area contributed by atoms with Crippen molar-refractivity contribution >= 4 is 39.9 Å². The summed E-state index contributed by atoms with van der Waals surface area (Å²) in [6.07, 6.45) is -5.64. The van der Waals surface area contributed by atoms with Crippen LogP contribution in [0.25, 0.3) is 10.3 Å². The molecule has 3 rings (SSSR count). The van der Waals surface area contributed by atoms with Crippen molar-refractivity contribution in [3.63, 3.8) is 0 Å². The number of anilines is 1. The predicted molar refractivity (Wildman–Crippen MR) is 75.4 cm³/mol. The number of aromatic nitrogens is 3. The minimum atomic E-state index is -1.81. The number of fused-ring (bicyclic) bond motifs is 1. The van der Waals surface area contributed by atoms with Gasteiger partial charge in [0, 0.05) is 0 Å². The molecule has 0 aromatic carbocycles. The molecule has 3 heterocycles. The van der Waals surface area contributed by atoms with Gasteiger partial charge in [0.25, 0.3) is 5.56 Å². The predicted octanol–water partition coefficient (Wildman–Crippen LogP) is -0.314. The van der Waals surface area contributed by atoms with Gasteiger partial charge >= 0.3 is 0 Å². The molecule has 1 aliphatic heterocycles. The fourth-order valence-electron chi connectivity index (χ4n) is 2.23. The Hall–Kier alpha value is -1.40. The molecule has 0 aliphatic carbocycles. The van der Waals surface area contributed by atoms with Crippen LogP contribution in [-0.2, 0) is 4.74 Å². The molecule has 0 bridgehead atoms. The Bertz CT molecular complexity index is 802. The highest BCUT2D eigenvalue weighted by atomic mass is 32.1. The molecule has 1 fully saturated rings. The van der Waals surface area contributed by atoms with Crippen LogP contribution in [0.2, 0.25) is 0 Å². The number of nitrogens with zero attached hydrogens (tertiary/aromatic N) is 2. The summed E-state index contributed by atoms with van der Waals surface area (Å²) in [5.74, 6) is -0.137. The van der Waals surface area contributed by atoms with E-state index in [0.717, 1.165) is 11.3 Å². The van der Waals surface area contributed by atoms with E-state index in [1.54, 1.807) is 0 Å². The summed E-state index contributed by atoms with van der Waals surface area (Å²) in [5.41, 5.74) is 5.09. The molecule has 1 saturated heterocycles. The topological polar surface area (TPSA) is 126 Å². The van der Waals surface area contributed by atoms with E-state index in [4.69, 9.17) is 27.8 Å². The van der Waals surface area contributed by atoms with Gasteiger partial charge in [0.05, 0.1) is 6.61 Å². The molecule has 0 amide bonds. The first-order chi connectivity index (χ1) is 9.93. The van der Waals surface area contributed by atoms with E-state index in [1.165, 1.54) is 4.57 Å². The molecule has 2 aromatic heterocycles.